The predicted octanol–water partition coefficient (Wildman–Crippen LogP) is 4.53. The third kappa shape index (κ3) is 2.02. The molecule has 2 aromatic heterocycles. The van der Waals surface area contributed by atoms with Crippen LogP contribution in [0.2, 0.25) is 5.02 Å². The number of nitrogen functional groups attached to an aromatic ring is 1. The SMILES string of the molecule is Cc1ccc2c(c1)c(-c1ccc3cc(Cl)ccc3n1)cn2N. The molecule has 0 bridgehead atoms. The van der Waals surface area contributed by atoms with E-state index in [0.717, 1.165) is 38.1 Å². The summed E-state index contributed by atoms with van der Waals surface area (Å²) < 4.78 is 1.65. The van der Waals surface area contributed by atoms with Gasteiger partial charge in [0.2, 0.25) is 0 Å². The lowest BCUT2D eigenvalue weighted by Gasteiger charge is -2.03. The predicted molar refractivity (Wildman–Crippen MR) is 92.6 cm³/mol. The van der Waals surface area contributed by atoms with Crippen molar-refractivity contribution in [2.45, 2.75) is 6.92 Å². The first-order chi connectivity index (χ1) is 10.6. The average molecular weight is 308 g/mol. The third-order valence-electron chi connectivity index (χ3n) is 3.92. The average Bonchev–Trinajstić information content (AvgIpc) is 2.83. The lowest BCUT2D eigenvalue weighted by Crippen LogP contribution is -2.04. The van der Waals surface area contributed by atoms with Gasteiger partial charge in [-0.2, -0.15) is 0 Å². The van der Waals surface area contributed by atoms with Gasteiger partial charge in [0.25, 0.3) is 0 Å². The van der Waals surface area contributed by atoms with Gasteiger partial charge in [0.15, 0.2) is 0 Å². The molecule has 0 aliphatic rings. The monoisotopic (exact) mass is 307 g/mol. The van der Waals surface area contributed by atoms with Crippen LogP contribution in [0.25, 0.3) is 33.1 Å². The van der Waals surface area contributed by atoms with Crippen LogP contribution in [0, 0.1) is 6.92 Å². The van der Waals surface area contributed by atoms with E-state index >= 15 is 0 Å². The maximum atomic E-state index is 6.07. The smallest absolute Gasteiger partial charge is 0.0732 e. The van der Waals surface area contributed by atoms with Crippen LogP contribution in [0.1, 0.15) is 5.56 Å². The minimum atomic E-state index is 0.719. The van der Waals surface area contributed by atoms with E-state index in [1.807, 2.05) is 42.6 Å². The molecule has 0 aliphatic heterocycles. The summed E-state index contributed by atoms with van der Waals surface area (Å²) in [5.74, 6) is 6.07. The Balaban J connectivity index is 1.98. The van der Waals surface area contributed by atoms with Crippen molar-refractivity contribution in [1.82, 2.24) is 9.66 Å². The molecule has 4 heteroatoms. The number of hydrogen-bond donors (Lipinski definition) is 1. The molecule has 3 nitrogen and oxygen atoms in total. The summed E-state index contributed by atoms with van der Waals surface area (Å²) in [6.45, 7) is 2.08. The van der Waals surface area contributed by atoms with Gasteiger partial charge < -0.3 is 5.84 Å². The molecule has 2 heterocycles. The maximum absolute atomic E-state index is 6.07. The first-order valence-electron chi connectivity index (χ1n) is 7.05. The van der Waals surface area contributed by atoms with Gasteiger partial charge in [0.05, 0.1) is 16.7 Å². The lowest BCUT2D eigenvalue weighted by atomic mass is 10.1. The number of aryl methyl sites for hydroxylation is 1. The summed E-state index contributed by atoms with van der Waals surface area (Å²) in [6, 6.07) is 16.0. The van der Waals surface area contributed by atoms with E-state index in [1.165, 1.54) is 5.56 Å². The summed E-state index contributed by atoms with van der Waals surface area (Å²) in [6.07, 6.45) is 1.92. The van der Waals surface area contributed by atoms with Crippen LogP contribution in [0.5, 0.6) is 0 Å². The second-order valence-corrected chi connectivity index (χ2v) is 5.94. The fourth-order valence-corrected chi connectivity index (χ4v) is 3.00. The van der Waals surface area contributed by atoms with Crippen molar-refractivity contribution < 1.29 is 0 Å². The zero-order chi connectivity index (χ0) is 15.3. The summed E-state index contributed by atoms with van der Waals surface area (Å²) in [7, 11) is 0. The molecule has 2 N–H and O–H groups in total. The van der Waals surface area contributed by atoms with Gasteiger partial charge in [0, 0.05) is 27.6 Å². The summed E-state index contributed by atoms with van der Waals surface area (Å²) in [5, 5.41) is 2.86. The summed E-state index contributed by atoms with van der Waals surface area (Å²) >= 11 is 6.03. The molecule has 0 aliphatic carbocycles. The summed E-state index contributed by atoms with van der Waals surface area (Å²) in [5.41, 5.74) is 5.08. The number of fused-ring (bicyclic) bond motifs is 2. The molecule has 4 rings (SSSR count). The Morgan fingerprint density at radius 1 is 1.05 bits per heavy atom. The number of rotatable bonds is 1. The molecule has 0 unspecified atom stereocenters. The van der Waals surface area contributed by atoms with Crippen molar-refractivity contribution >= 4 is 33.4 Å². The molecule has 108 valence electrons. The number of pyridine rings is 1. The van der Waals surface area contributed by atoms with Crippen molar-refractivity contribution in [2.75, 3.05) is 5.84 Å². The van der Waals surface area contributed by atoms with Crippen molar-refractivity contribution in [1.29, 1.82) is 0 Å². The van der Waals surface area contributed by atoms with Crippen LogP contribution in [-0.2, 0) is 0 Å². The molecular formula is C18H14ClN3. The molecule has 0 radical (unpaired) electrons. The Morgan fingerprint density at radius 2 is 1.91 bits per heavy atom. The Labute approximate surface area is 132 Å². The Morgan fingerprint density at radius 3 is 2.77 bits per heavy atom. The third-order valence-corrected chi connectivity index (χ3v) is 4.15. The quantitative estimate of drug-likeness (QED) is 0.525. The number of hydrogen-bond acceptors (Lipinski definition) is 2. The minimum absolute atomic E-state index is 0.719. The molecule has 4 aromatic rings. The van der Waals surface area contributed by atoms with Crippen LogP contribution >= 0.6 is 11.6 Å². The van der Waals surface area contributed by atoms with Crippen LogP contribution in [0.4, 0.5) is 0 Å². The summed E-state index contributed by atoms with van der Waals surface area (Å²) in [4.78, 5) is 4.75. The number of halogens is 1. The standard InChI is InChI=1S/C18H14ClN3/c1-11-2-7-18-14(8-11)15(10-22(18)20)17-5-3-12-9-13(19)4-6-16(12)21-17/h2-10H,20H2,1H3. The van der Waals surface area contributed by atoms with Crippen molar-refractivity contribution in [2.24, 2.45) is 0 Å². The maximum Gasteiger partial charge on any atom is 0.0732 e. The van der Waals surface area contributed by atoms with E-state index < -0.39 is 0 Å². The van der Waals surface area contributed by atoms with Gasteiger partial charge in [-0.05, 0) is 43.3 Å². The number of nitrogens with two attached hydrogens (primary N) is 1. The Bertz CT molecular complexity index is 1020. The van der Waals surface area contributed by atoms with Gasteiger partial charge in [-0.1, -0.05) is 29.3 Å². The Hall–Kier alpha value is -2.52. The number of nitrogens with zero attached hydrogens (tertiary/aromatic N) is 2. The first kappa shape index (κ1) is 13.2. The highest BCUT2D eigenvalue weighted by molar-refractivity contribution is 6.31. The van der Waals surface area contributed by atoms with E-state index in [2.05, 4.69) is 19.1 Å². The fourth-order valence-electron chi connectivity index (χ4n) is 2.82. The number of benzene rings is 2. The minimum Gasteiger partial charge on any atom is -0.339 e. The highest BCUT2D eigenvalue weighted by Crippen LogP contribution is 2.30. The molecule has 2 aromatic carbocycles. The van der Waals surface area contributed by atoms with Gasteiger partial charge in [-0.15, -0.1) is 0 Å². The molecule has 0 amide bonds. The van der Waals surface area contributed by atoms with Crippen molar-refractivity contribution in [3.05, 3.63) is 65.3 Å². The molecule has 0 atom stereocenters. The highest BCUT2D eigenvalue weighted by atomic mass is 35.5. The largest absolute Gasteiger partial charge is 0.339 e. The lowest BCUT2D eigenvalue weighted by molar-refractivity contribution is 1.07. The topological polar surface area (TPSA) is 43.8 Å². The van der Waals surface area contributed by atoms with Gasteiger partial charge in [-0.3, -0.25) is 4.68 Å². The van der Waals surface area contributed by atoms with Gasteiger partial charge in [-0.25, -0.2) is 4.98 Å². The van der Waals surface area contributed by atoms with Gasteiger partial charge >= 0.3 is 0 Å². The zero-order valence-corrected chi connectivity index (χ0v) is 12.8. The second-order valence-electron chi connectivity index (χ2n) is 5.50. The zero-order valence-electron chi connectivity index (χ0n) is 12.0. The molecular weight excluding hydrogens is 294 g/mol. The van der Waals surface area contributed by atoms with E-state index in [0.29, 0.717) is 0 Å². The van der Waals surface area contributed by atoms with Crippen molar-refractivity contribution in [3.63, 3.8) is 0 Å². The second kappa shape index (κ2) is 4.75. The highest BCUT2D eigenvalue weighted by Gasteiger charge is 2.11. The van der Waals surface area contributed by atoms with Crippen LogP contribution in [0.3, 0.4) is 0 Å². The number of aromatic nitrogens is 2. The van der Waals surface area contributed by atoms with E-state index in [1.54, 1.807) is 4.68 Å². The van der Waals surface area contributed by atoms with E-state index in [-0.39, 0.29) is 0 Å². The first-order valence-corrected chi connectivity index (χ1v) is 7.43. The van der Waals surface area contributed by atoms with Gasteiger partial charge in [0.1, 0.15) is 0 Å². The molecule has 0 saturated heterocycles. The van der Waals surface area contributed by atoms with E-state index in [4.69, 9.17) is 22.4 Å². The molecule has 22 heavy (non-hydrogen) atoms. The molecule has 0 saturated carbocycles. The van der Waals surface area contributed by atoms with Crippen LogP contribution in [0.15, 0.2) is 54.7 Å². The normalized spacial score (nSPS) is 11.4. The van der Waals surface area contributed by atoms with E-state index in [9.17, 15) is 0 Å². The molecule has 0 spiro atoms. The van der Waals surface area contributed by atoms with Crippen LogP contribution in [-0.4, -0.2) is 9.66 Å². The fraction of sp³-hybridized carbons (Fsp3) is 0.0556. The molecule has 0 fully saturated rings. The van der Waals surface area contributed by atoms with Crippen molar-refractivity contribution in [3.8, 4) is 11.3 Å². The Kier molecular flexibility index (Phi) is 2.84. The van der Waals surface area contributed by atoms with Crippen LogP contribution < -0.4 is 5.84 Å².